The fourth-order valence-corrected chi connectivity index (χ4v) is 2.50. The van der Waals surface area contributed by atoms with E-state index in [-0.39, 0.29) is 30.1 Å². The molecule has 0 aromatic heterocycles. The number of guanidine groups is 1. The van der Waals surface area contributed by atoms with Gasteiger partial charge in [-0.05, 0) is 44.7 Å². The highest BCUT2D eigenvalue weighted by Gasteiger charge is 2.11. The molecule has 0 saturated carbocycles. The highest BCUT2D eigenvalue weighted by Crippen LogP contribution is 2.10. The van der Waals surface area contributed by atoms with E-state index in [1.165, 1.54) is 11.1 Å². The van der Waals surface area contributed by atoms with Gasteiger partial charge >= 0.3 is 0 Å². The Bertz CT molecular complexity index is 535. The molecule has 1 aromatic carbocycles. The molecule has 0 radical (unpaired) electrons. The maximum atomic E-state index is 5.67. The van der Waals surface area contributed by atoms with Crippen molar-refractivity contribution in [2.45, 2.75) is 58.9 Å². The van der Waals surface area contributed by atoms with Crippen LogP contribution >= 0.6 is 24.0 Å². The number of aliphatic imine (C=N–C) groups is 1. The predicted octanol–water partition coefficient (Wildman–Crippen LogP) is 4.00. The topological polar surface area (TPSA) is 45.7 Å². The van der Waals surface area contributed by atoms with E-state index in [4.69, 9.17) is 9.73 Å². The van der Waals surface area contributed by atoms with Crippen molar-refractivity contribution in [2.75, 3.05) is 6.54 Å². The molecule has 1 aliphatic rings. The van der Waals surface area contributed by atoms with Crippen molar-refractivity contribution < 1.29 is 4.74 Å². The predicted molar refractivity (Wildman–Crippen MR) is 112 cm³/mol. The zero-order chi connectivity index (χ0) is 16.5. The van der Waals surface area contributed by atoms with Crippen LogP contribution in [0.5, 0.6) is 0 Å². The Morgan fingerprint density at radius 3 is 2.62 bits per heavy atom. The van der Waals surface area contributed by atoms with Gasteiger partial charge in [0.05, 0.1) is 19.3 Å². The molecule has 2 rings (SSSR count). The van der Waals surface area contributed by atoms with Crippen molar-refractivity contribution >= 4 is 29.9 Å². The molecule has 1 aliphatic carbocycles. The van der Waals surface area contributed by atoms with Crippen molar-refractivity contribution in [3.8, 4) is 0 Å². The summed E-state index contributed by atoms with van der Waals surface area (Å²) in [5.74, 6) is 0.894. The van der Waals surface area contributed by atoms with Crippen LogP contribution in [-0.4, -0.2) is 24.7 Å². The minimum absolute atomic E-state index is 0. The first kappa shape index (κ1) is 21.0. The molecule has 0 amide bonds. The molecule has 24 heavy (non-hydrogen) atoms. The normalized spacial score (nSPS) is 14.8. The summed E-state index contributed by atoms with van der Waals surface area (Å²) < 4.78 is 5.67. The van der Waals surface area contributed by atoms with E-state index >= 15 is 0 Å². The Morgan fingerprint density at radius 2 is 1.96 bits per heavy atom. The molecular formula is C19H30IN3O. The lowest BCUT2D eigenvalue weighted by Gasteiger charge is -2.16. The quantitative estimate of drug-likeness (QED) is 0.290. The standard InChI is InChI=1S/C19H29N3O.HI/c1-4-20-19(22-18-10-5-6-11-18)21-13-16-8-7-9-17(12-16)14-23-15(2)3;/h5-9,12,15,18H,4,10-11,13-14H2,1-3H3,(H2,20,21,22);1H. The molecule has 0 saturated heterocycles. The summed E-state index contributed by atoms with van der Waals surface area (Å²) in [7, 11) is 0. The molecule has 5 heteroatoms. The second-order valence-corrected chi connectivity index (χ2v) is 6.16. The van der Waals surface area contributed by atoms with Crippen molar-refractivity contribution in [3.05, 3.63) is 47.5 Å². The third-order valence-electron chi connectivity index (χ3n) is 3.69. The summed E-state index contributed by atoms with van der Waals surface area (Å²) in [5.41, 5.74) is 2.40. The van der Waals surface area contributed by atoms with Gasteiger partial charge in [0.25, 0.3) is 0 Å². The lowest BCUT2D eigenvalue weighted by atomic mass is 10.1. The maximum Gasteiger partial charge on any atom is 0.191 e. The summed E-state index contributed by atoms with van der Waals surface area (Å²) in [5, 5.41) is 6.81. The largest absolute Gasteiger partial charge is 0.374 e. The number of nitrogens with zero attached hydrogens (tertiary/aromatic N) is 1. The van der Waals surface area contributed by atoms with Gasteiger partial charge in [-0.15, -0.1) is 24.0 Å². The van der Waals surface area contributed by atoms with Crippen LogP contribution in [0, 0.1) is 0 Å². The summed E-state index contributed by atoms with van der Waals surface area (Å²) in [6.45, 7) is 8.40. The SMILES string of the molecule is CCNC(=NCc1cccc(COC(C)C)c1)NC1CC=CC1.I. The molecule has 0 atom stereocenters. The molecule has 0 aliphatic heterocycles. The summed E-state index contributed by atoms with van der Waals surface area (Å²) >= 11 is 0. The lowest BCUT2D eigenvalue weighted by Crippen LogP contribution is -2.42. The molecule has 0 unspecified atom stereocenters. The van der Waals surface area contributed by atoms with Crippen LogP contribution in [0.2, 0.25) is 0 Å². The third kappa shape index (κ3) is 7.66. The first-order valence-electron chi connectivity index (χ1n) is 8.56. The second-order valence-electron chi connectivity index (χ2n) is 6.16. The van der Waals surface area contributed by atoms with Gasteiger partial charge in [0, 0.05) is 12.6 Å². The Kier molecular flexibility index (Phi) is 10.0. The average molecular weight is 443 g/mol. The Hall–Kier alpha value is -1.08. The molecule has 0 heterocycles. The van der Waals surface area contributed by atoms with Crippen LogP contribution in [0.25, 0.3) is 0 Å². The van der Waals surface area contributed by atoms with E-state index in [2.05, 4.69) is 67.8 Å². The summed E-state index contributed by atoms with van der Waals surface area (Å²) in [6, 6.07) is 8.93. The molecule has 0 spiro atoms. The molecule has 0 fully saturated rings. The van der Waals surface area contributed by atoms with Gasteiger partial charge in [-0.1, -0.05) is 36.4 Å². The Balaban J connectivity index is 0.00000288. The fraction of sp³-hybridized carbons (Fsp3) is 0.526. The van der Waals surface area contributed by atoms with Crippen LogP contribution in [0.3, 0.4) is 0 Å². The van der Waals surface area contributed by atoms with Gasteiger partial charge in [-0.2, -0.15) is 0 Å². The third-order valence-corrected chi connectivity index (χ3v) is 3.69. The second kappa shape index (κ2) is 11.5. The van der Waals surface area contributed by atoms with E-state index in [1.54, 1.807) is 0 Å². The maximum absolute atomic E-state index is 5.67. The van der Waals surface area contributed by atoms with Crippen molar-refractivity contribution in [1.29, 1.82) is 0 Å². The Morgan fingerprint density at radius 1 is 1.25 bits per heavy atom. The van der Waals surface area contributed by atoms with Crippen LogP contribution in [0.1, 0.15) is 44.7 Å². The molecule has 1 aromatic rings. The Labute approximate surface area is 163 Å². The molecule has 2 N–H and O–H groups in total. The molecule has 134 valence electrons. The zero-order valence-electron chi connectivity index (χ0n) is 14.9. The monoisotopic (exact) mass is 443 g/mol. The number of rotatable bonds is 7. The average Bonchev–Trinajstić information content (AvgIpc) is 3.04. The highest BCUT2D eigenvalue weighted by molar-refractivity contribution is 14.0. The van der Waals surface area contributed by atoms with Gasteiger partial charge < -0.3 is 15.4 Å². The fourth-order valence-electron chi connectivity index (χ4n) is 2.50. The van der Waals surface area contributed by atoms with Crippen LogP contribution in [0.15, 0.2) is 41.4 Å². The number of hydrogen-bond donors (Lipinski definition) is 2. The van der Waals surface area contributed by atoms with Gasteiger partial charge in [0.2, 0.25) is 0 Å². The molecule has 0 bridgehead atoms. The lowest BCUT2D eigenvalue weighted by molar-refractivity contribution is 0.0657. The highest BCUT2D eigenvalue weighted by atomic mass is 127. The van der Waals surface area contributed by atoms with Crippen molar-refractivity contribution in [3.63, 3.8) is 0 Å². The summed E-state index contributed by atoms with van der Waals surface area (Å²) in [4.78, 5) is 4.71. The van der Waals surface area contributed by atoms with E-state index in [1.807, 2.05) is 0 Å². The van der Waals surface area contributed by atoms with Crippen molar-refractivity contribution in [1.82, 2.24) is 10.6 Å². The van der Waals surface area contributed by atoms with Gasteiger partial charge in [0.1, 0.15) is 0 Å². The summed E-state index contributed by atoms with van der Waals surface area (Å²) in [6.07, 6.45) is 6.85. The minimum Gasteiger partial charge on any atom is -0.374 e. The smallest absolute Gasteiger partial charge is 0.191 e. The van der Waals surface area contributed by atoms with E-state index < -0.39 is 0 Å². The first-order valence-corrected chi connectivity index (χ1v) is 8.56. The first-order chi connectivity index (χ1) is 11.2. The van der Waals surface area contributed by atoms with E-state index in [0.29, 0.717) is 19.2 Å². The van der Waals surface area contributed by atoms with Gasteiger partial charge in [0.15, 0.2) is 5.96 Å². The number of benzene rings is 1. The molecule has 4 nitrogen and oxygen atoms in total. The van der Waals surface area contributed by atoms with Crippen molar-refractivity contribution in [2.24, 2.45) is 4.99 Å². The van der Waals surface area contributed by atoms with Gasteiger partial charge in [-0.3, -0.25) is 0 Å². The number of hydrogen-bond acceptors (Lipinski definition) is 2. The van der Waals surface area contributed by atoms with Crippen LogP contribution in [0.4, 0.5) is 0 Å². The van der Waals surface area contributed by atoms with Crippen LogP contribution in [-0.2, 0) is 17.9 Å². The number of halogens is 1. The van der Waals surface area contributed by atoms with Gasteiger partial charge in [-0.25, -0.2) is 4.99 Å². The van der Waals surface area contributed by atoms with E-state index in [9.17, 15) is 0 Å². The van der Waals surface area contributed by atoms with E-state index in [0.717, 1.165) is 25.3 Å². The number of nitrogens with one attached hydrogen (secondary N) is 2. The number of ether oxygens (including phenoxy) is 1. The zero-order valence-corrected chi connectivity index (χ0v) is 17.2. The van der Waals surface area contributed by atoms with Crippen LogP contribution < -0.4 is 10.6 Å². The minimum atomic E-state index is 0. The molecular weight excluding hydrogens is 413 g/mol.